The van der Waals surface area contributed by atoms with Crippen LogP contribution in [0, 0.1) is 24.7 Å². The lowest BCUT2D eigenvalue weighted by molar-refractivity contribution is -0.438. The average molecular weight is 2250 g/mol. The number of carboxylic acid groups (broad SMARTS) is 3. The summed E-state index contributed by atoms with van der Waals surface area (Å²) in [6, 6.07) is 45.4. The quantitative estimate of drug-likeness (QED) is 0.0158. The Morgan fingerprint density at radius 1 is 0.503 bits per heavy atom. The Morgan fingerprint density at radius 3 is 1.27 bits per heavy atom. The number of carbonyl (C=O) groups is 4. The van der Waals surface area contributed by atoms with Crippen molar-refractivity contribution in [1.29, 1.82) is 0 Å². The first-order chi connectivity index (χ1) is 68.8. The van der Waals surface area contributed by atoms with E-state index < -0.39 is 24.1 Å². The van der Waals surface area contributed by atoms with Gasteiger partial charge in [0.2, 0.25) is 17.3 Å². The summed E-state index contributed by atoms with van der Waals surface area (Å²) in [6.45, 7) is 31.7. The van der Waals surface area contributed by atoms with Gasteiger partial charge in [-0.15, -0.1) is 12.8 Å². The van der Waals surface area contributed by atoms with Crippen LogP contribution in [0.15, 0.2) is 226 Å². The summed E-state index contributed by atoms with van der Waals surface area (Å²) in [5.74, 6) is 2.34. The van der Waals surface area contributed by atoms with Crippen LogP contribution in [0.1, 0.15) is 245 Å². The number of quaternary nitrogens is 1. The van der Waals surface area contributed by atoms with Gasteiger partial charge < -0.3 is 92.2 Å². The minimum Gasteiger partial charge on any atom is -1.00 e. The molecule has 0 aromatic heterocycles. The first-order valence-corrected chi connectivity index (χ1v) is 52.5. The Kier molecular flexibility index (Phi) is 56.1. The van der Waals surface area contributed by atoms with Crippen LogP contribution in [-0.4, -0.2) is 168 Å². The van der Waals surface area contributed by atoms with Crippen LogP contribution in [-0.2, 0) is 50.4 Å². The summed E-state index contributed by atoms with van der Waals surface area (Å²) in [5, 5.41) is 34.0. The highest BCUT2D eigenvalue weighted by Gasteiger charge is 2.47. The fourth-order valence-electron chi connectivity index (χ4n) is 19.2. The highest BCUT2D eigenvalue weighted by Crippen LogP contribution is 2.51. The van der Waals surface area contributed by atoms with Gasteiger partial charge in [-0.2, -0.15) is 31.9 Å². The van der Waals surface area contributed by atoms with Crippen LogP contribution in [0.5, 0.6) is 11.5 Å². The fourth-order valence-corrected chi connectivity index (χ4v) is 20.8. The third-order valence-corrected chi connectivity index (χ3v) is 28.8. The summed E-state index contributed by atoms with van der Waals surface area (Å²) >= 11 is 38.6. The molecule has 2 aliphatic carbocycles. The van der Waals surface area contributed by atoms with E-state index in [4.69, 9.17) is 122 Å². The fraction of sp³-hybridized carbons (Fsp3) is 0.457. The topological polar surface area (TPSA) is 243 Å². The largest absolute Gasteiger partial charge is 1.00 e. The lowest BCUT2D eigenvalue weighted by atomic mass is 9.81. The first kappa shape index (κ1) is 128. The zero-order valence-electron chi connectivity index (χ0n) is 86.0. The summed E-state index contributed by atoms with van der Waals surface area (Å²) in [7, 11) is 0. The van der Waals surface area contributed by atoms with Gasteiger partial charge in [-0.3, -0.25) is 24.2 Å². The van der Waals surface area contributed by atoms with E-state index in [1.165, 1.54) is 98.2 Å². The summed E-state index contributed by atoms with van der Waals surface area (Å²) in [6.07, 6.45) is 46.2. The Bertz CT molecular complexity index is 5820. The van der Waals surface area contributed by atoms with Gasteiger partial charge in [-0.05, 0) is 225 Å². The number of hydrogen-bond donors (Lipinski definition) is 4. The van der Waals surface area contributed by atoms with Crippen molar-refractivity contribution in [2.45, 2.75) is 251 Å². The molecule has 1 amide bonds. The Morgan fingerprint density at radius 2 is 0.878 bits per heavy atom. The number of ether oxygens (including phenoxy) is 2. The monoisotopic (exact) mass is 2240 g/mol. The number of carbonyl (C=O) groups excluding carboxylic acids is 4. The van der Waals surface area contributed by atoms with Crippen molar-refractivity contribution >= 4 is 134 Å². The number of unbranched alkanes of at least 4 members (excludes halogenated alkanes) is 8. The van der Waals surface area contributed by atoms with Crippen molar-refractivity contribution in [3.8, 4) is 36.2 Å². The second kappa shape index (κ2) is 64.4. The zero-order chi connectivity index (χ0) is 105. The van der Waals surface area contributed by atoms with E-state index in [1.54, 1.807) is 36.4 Å². The van der Waals surface area contributed by atoms with E-state index in [0.717, 1.165) is 189 Å². The molecule has 6 N–H and O–H groups in total. The van der Waals surface area contributed by atoms with Crippen LogP contribution in [0.25, 0.3) is 0 Å². The molecule has 0 saturated carbocycles. The average Bonchev–Trinajstić information content (AvgIpc) is 1.61. The van der Waals surface area contributed by atoms with E-state index in [2.05, 4.69) is 260 Å². The molecule has 6 aromatic carbocycles. The number of allylic oxidation sites excluding steroid dienone is 16. The third kappa shape index (κ3) is 38.2. The molecule has 0 radical (unpaired) electrons. The number of nitrogens with zero attached hydrogens (tertiary/aromatic N) is 6. The number of fused-ring (bicyclic) bond motifs is 4. The predicted molar refractivity (Wildman–Crippen MR) is 576 cm³/mol. The van der Waals surface area contributed by atoms with Gasteiger partial charge in [-0.25, -0.2) is 0 Å². The van der Waals surface area contributed by atoms with Gasteiger partial charge in [-0.1, -0.05) is 232 Å². The molecular weight excluding hydrogens is 2100 g/mol. The number of anilines is 2. The number of alkyl halides is 3. The molecular formula is C116H143BrCl8F3N8O11-. The molecule has 0 saturated heterocycles. The first-order valence-electron chi connectivity index (χ1n) is 50.3. The SMILES string of the molecule is C#CCN(CCCNC(=O)CCCCC[N+]1=C(/C=C/C2=C(Cl)C(=C/C=C3\N(CCCCCC(=O)O)c4ccccc4C3(C)C)/CCC2)C(C)(C)c2ccccc21)CCCOc1ccc(Cl)cc1Cl.C#CCN(CCC[NH3+])CCCOc1ccc(Cl)cc1Cl.CCCCC[N+]1=C(/C=C/C2=C(Cl)C(=C/C=C3\N(CCCCCC(=O)O)c4ccccc4C3(C)C)/CCC2)C(C)(C)c2ccccc21.O=C([O-])C(F)(F)F.O=C=O.[Br-].[Cl-].[Cl-]. The third-order valence-electron chi connectivity index (χ3n) is 26.8. The maximum atomic E-state index is 12.8. The summed E-state index contributed by atoms with van der Waals surface area (Å²) in [5.41, 5.74) is 23.5. The molecule has 0 unspecified atom stereocenters. The molecule has 6 aliphatic rings. The number of terminal acetylenes is 2. The lowest BCUT2D eigenvalue weighted by Crippen LogP contribution is -3.00. The van der Waals surface area contributed by atoms with Crippen molar-refractivity contribution in [2.75, 3.05) is 102 Å². The maximum Gasteiger partial charge on any atom is 0.430 e. The van der Waals surface area contributed by atoms with Gasteiger partial charge in [0.15, 0.2) is 11.4 Å². The summed E-state index contributed by atoms with van der Waals surface area (Å²) < 4.78 is 48.0. The molecule has 4 aliphatic heterocycles. The standard InChI is InChI=1S/C57H69Cl3N4O4.C41H51ClN2O2.C15H20Cl2N2O.C2HF3O2.CO2.BrH.2ClH/c1-6-35-62(37-19-40-68-50-31-30-44(58)41-47(50)59)36-18-34-61-53(65)26-9-7-15-38-63-48-24-13-11-22-45(48)56(2,3)51(63)32-28-42-20-17-21-43(55(42)60)29-33-52-57(4,5)46-23-12-14-25-49(46)64(52)39-16-8-10-27-54(66)67;1-6-7-14-28-43-34-21-12-10-19-32(34)40(2,3)36(43)26-24-30-17-16-18-31(39(30)42)25-27-37-41(4,5)33-20-11-13-22-35(33)44(37)29-15-8-9-23-38(45)46;1-2-8-19(9-3-7-18)10-4-11-20-15-6-5-13(16)12-14(15)17;3-2(4,5)1(6)7;2-1-3;;;/h1,11-14,22-25,28-33,41H,7-10,15-21,26-27,34-40H2,2-5H3,(H-,61,65,66,67);10-13,19-22,24-27H,6-9,14-18,23,28-29H2,1-5H3;1,5-6,12H,3-4,7-11,18H2;(H,6,7);;3*1H/p-1. The van der Waals surface area contributed by atoms with E-state index in [9.17, 15) is 27.6 Å². The van der Waals surface area contributed by atoms with Crippen molar-refractivity contribution < 1.29 is 123 Å². The van der Waals surface area contributed by atoms with Crippen LogP contribution in [0.3, 0.4) is 0 Å². The molecule has 31 heteroatoms. The highest BCUT2D eigenvalue weighted by molar-refractivity contribution is 6.36. The molecule has 0 fully saturated rings. The molecule has 19 nitrogen and oxygen atoms in total. The smallest absolute Gasteiger partial charge is 0.430 e. The van der Waals surface area contributed by atoms with Crippen molar-refractivity contribution in [3.63, 3.8) is 0 Å². The zero-order valence-corrected chi connectivity index (χ0v) is 93.7. The van der Waals surface area contributed by atoms with E-state index in [-0.39, 0.29) is 88.4 Å². The number of amides is 1. The number of hydrogen-bond acceptors (Lipinski definition) is 13. The van der Waals surface area contributed by atoms with Crippen LogP contribution in [0.2, 0.25) is 20.1 Å². The maximum absolute atomic E-state index is 12.8. The van der Waals surface area contributed by atoms with Gasteiger partial charge >= 0.3 is 24.3 Å². The number of nitrogens with one attached hydrogen (secondary N) is 1. The molecule has 12 rings (SSSR count). The number of rotatable bonds is 47. The second-order valence-corrected chi connectivity index (χ2v) is 41.1. The van der Waals surface area contributed by atoms with Gasteiger partial charge in [0.25, 0.3) is 0 Å². The van der Waals surface area contributed by atoms with Gasteiger partial charge in [0, 0.05) is 173 Å². The predicted octanol–water partition coefficient (Wildman–Crippen LogP) is 16.1. The van der Waals surface area contributed by atoms with Crippen LogP contribution >= 0.6 is 69.6 Å². The number of carboxylic acids is 3. The van der Waals surface area contributed by atoms with Crippen molar-refractivity contribution in [3.05, 3.63) is 268 Å². The normalized spacial score (nSPS) is 16.4. The number of para-hydroxylation sites is 4. The van der Waals surface area contributed by atoms with Crippen molar-refractivity contribution in [2.24, 2.45) is 0 Å². The minimum atomic E-state index is -5.19. The van der Waals surface area contributed by atoms with Crippen molar-refractivity contribution in [1.82, 2.24) is 15.1 Å². The van der Waals surface area contributed by atoms with E-state index in [1.807, 2.05) is 0 Å². The molecule has 0 atom stereocenters. The molecule has 0 spiro atoms. The lowest BCUT2D eigenvalue weighted by Gasteiger charge is -2.27. The molecule has 4 heterocycles. The Balaban J connectivity index is 0.000000411. The van der Waals surface area contributed by atoms with Gasteiger partial charge in [0.1, 0.15) is 30.6 Å². The Labute approximate surface area is 921 Å². The Hall–Kier alpha value is -9.37. The molecule has 0 bridgehead atoms. The molecule has 798 valence electrons. The number of aliphatic carboxylic acids is 3. The van der Waals surface area contributed by atoms with E-state index in [0.29, 0.717) is 83.7 Å². The second-order valence-electron chi connectivity index (χ2n) is 38.7. The van der Waals surface area contributed by atoms with Gasteiger partial charge in [0.05, 0.1) is 53.7 Å². The van der Waals surface area contributed by atoms with Crippen LogP contribution < -0.4 is 77.2 Å². The molecule has 6 aromatic rings. The minimum absolute atomic E-state index is 0. The highest BCUT2D eigenvalue weighted by atomic mass is 79.9. The molecule has 147 heavy (non-hydrogen) atoms. The number of halogens is 12. The number of benzene rings is 6. The summed E-state index contributed by atoms with van der Waals surface area (Å²) in [4.78, 5) is 69.3. The van der Waals surface area contributed by atoms with E-state index >= 15 is 0 Å². The van der Waals surface area contributed by atoms with Crippen LogP contribution in [0.4, 0.5) is 35.9 Å².